The zero-order chi connectivity index (χ0) is 14.5. The first-order chi connectivity index (χ1) is 9.26. The quantitative estimate of drug-likeness (QED) is 0.730. The fourth-order valence-corrected chi connectivity index (χ4v) is 4.75. The van der Waals surface area contributed by atoms with Gasteiger partial charge in [-0.1, -0.05) is 27.7 Å². The van der Waals surface area contributed by atoms with Crippen LogP contribution in [0.15, 0.2) is 0 Å². The lowest BCUT2D eigenvalue weighted by atomic mass is 9.73. The molecular weight excluding hydrogens is 266 g/mol. The molecule has 3 rings (SSSR count). The first-order valence-corrected chi connectivity index (χ1v) is 8.60. The summed E-state index contributed by atoms with van der Waals surface area (Å²) >= 11 is 1.69. The Kier molecular flexibility index (Phi) is 3.32. The third-order valence-electron chi connectivity index (χ3n) is 4.94. The summed E-state index contributed by atoms with van der Waals surface area (Å²) in [6.07, 6.45) is 6.67. The van der Waals surface area contributed by atoms with Crippen molar-refractivity contribution in [3.63, 3.8) is 0 Å². The van der Waals surface area contributed by atoms with Crippen molar-refractivity contribution in [2.75, 3.05) is 0 Å². The summed E-state index contributed by atoms with van der Waals surface area (Å²) in [5.74, 6) is 0.908. The lowest BCUT2D eigenvalue weighted by Gasteiger charge is -2.33. The van der Waals surface area contributed by atoms with Crippen molar-refractivity contribution in [1.29, 1.82) is 0 Å². The molecule has 1 saturated carbocycles. The molecule has 0 bridgehead atoms. The Labute approximate surface area is 126 Å². The van der Waals surface area contributed by atoms with Crippen LogP contribution in [0, 0.1) is 10.8 Å². The second-order valence-electron chi connectivity index (χ2n) is 8.21. The third kappa shape index (κ3) is 2.69. The standard InChI is InChI=1S/C17H25NOS/c1-16(2)7-5-11(6-8-16)15-18-12-9-17(3,4)10-13(19)14(12)20-15/h11H,5-10H2,1-4H3. The van der Waals surface area contributed by atoms with Gasteiger partial charge in [0, 0.05) is 12.3 Å². The average molecular weight is 291 g/mol. The smallest absolute Gasteiger partial charge is 0.175 e. The predicted molar refractivity (Wildman–Crippen MR) is 83.5 cm³/mol. The number of hydrogen-bond donors (Lipinski definition) is 0. The molecular formula is C17H25NOS. The summed E-state index contributed by atoms with van der Waals surface area (Å²) < 4.78 is 0. The van der Waals surface area contributed by atoms with E-state index in [2.05, 4.69) is 27.7 Å². The zero-order valence-electron chi connectivity index (χ0n) is 13.1. The van der Waals surface area contributed by atoms with E-state index in [4.69, 9.17) is 4.98 Å². The Morgan fingerprint density at radius 1 is 1.05 bits per heavy atom. The van der Waals surface area contributed by atoms with Crippen LogP contribution in [0.3, 0.4) is 0 Å². The summed E-state index contributed by atoms with van der Waals surface area (Å²) in [7, 11) is 0. The first kappa shape index (κ1) is 14.2. The third-order valence-corrected chi connectivity index (χ3v) is 6.24. The highest BCUT2D eigenvalue weighted by Crippen LogP contribution is 2.45. The van der Waals surface area contributed by atoms with E-state index < -0.39 is 0 Å². The number of carbonyl (C=O) groups is 1. The van der Waals surface area contributed by atoms with Crippen molar-refractivity contribution < 1.29 is 4.79 Å². The van der Waals surface area contributed by atoms with Gasteiger partial charge in [0.25, 0.3) is 0 Å². The molecule has 0 N–H and O–H groups in total. The van der Waals surface area contributed by atoms with Crippen LogP contribution in [0.4, 0.5) is 0 Å². The summed E-state index contributed by atoms with van der Waals surface area (Å²) in [6, 6.07) is 0. The topological polar surface area (TPSA) is 30.0 Å². The number of ketones is 1. The Balaban J connectivity index is 1.82. The fraction of sp³-hybridized carbons (Fsp3) is 0.765. The summed E-state index contributed by atoms with van der Waals surface area (Å²) in [4.78, 5) is 18.1. The molecule has 1 aromatic heterocycles. The highest BCUT2D eigenvalue weighted by molar-refractivity contribution is 7.14. The largest absolute Gasteiger partial charge is 0.293 e. The highest BCUT2D eigenvalue weighted by Gasteiger charge is 2.36. The molecule has 0 amide bonds. The van der Waals surface area contributed by atoms with Gasteiger partial charge < -0.3 is 0 Å². The van der Waals surface area contributed by atoms with Gasteiger partial charge in [-0.05, 0) is 42.9 Å². The van der Waals surface area contributed by atoms with Gasteiger partial charge in [-0.3, -0.25) is 4.79 Å². The molecule has 2 aliphatic rings. The highest BCUT2D eigenvalue weighted by atomic mass is 32.1. The zero-order valence-corrected chi connectivity index (χ0v) is 13.9. The number of rotatable bonds is 1. The maximum absolute atomic E-state index is 12.3. The average Bonchev–Trinajstić information content (AvgIpc) is 2.71. The number of fused-ring (bicyclic) bond motifs is 1. The Morgan fingerprint density at radius 3 is 2.35 bits per heavy atom. The summed E-state index contributed by atoms with van der Waals surface area (Å²) in [5.41, 5.74) is 1.66. The van der Waals surface area contributed by atoms with E-state index in [-0.39, 0.29) is 5.41 Å². The van der Waals surface area contributed by atoms with E-state index in [1.54, 1.807) is 11.3 Å². The molecule has 0 aromatic carbocycles. The molecule has 110 valence electrons. The SMILES string of the molecule is CC1(C)CCC(c2nc3c(s2)C(=O)CC(C)(C)C3)CC1. The monoisotopic (exact) mass is 291 g/mol. The number of hydrogen-bond acceptors (Lipinski definition) is 3. The van der Waals surface area contributed by atoms with Crippen LogP contribution in [0.5, 0.6) is 0 Å². The van der Waals surface area contributed by atoms with Gasteiger partial charge in [0.05, 0.1) is 15.6 Å². The lowest BCUT2D eigenvalue weighted by molar-refractivity contribution is 0.0916. The summed E-state index contributed by atoms with van der Waals surface area (Å²) in [5, 5.41) is 1.23. The minimum Gasteiger partial charge on any atom is -0.293 e. The molecule has 0 radical (unpaired) electrons. The van der Waals surface area contributed by atoms with E-state index in [1.165, 1.54) is 30.7 Å². The molecule has 1 heterocycles. The van der Waals surface area contributed by atoms with Crippen molar-refractivity contribution in [3.8, 4) is 0 Å². The molecule has 1 aromatic rings. The fourth-order valence-electron chi connectivity index (χ4n) is 3.56. The van der Waals surface area contributed by atoms with Crippen LogP contribution in [-0.2, 0) is 6.42 Å². The van der Waals surface area contributed by atoms with Crippen molar-refractivity contribution in [1.82, 2.24) is 4.98 Å². The molecule has 1 fully saturated rings. The number of thiazole rings is 1. The second-order valence-corrected chi connectivity index (χ2v) is 9.24. The minimum atomic E-state index is 0.0873. The van der Waals surface area contributed by atoms with Crippen molar-refractivity contribution >= 4 is 17.1 Å². The Hall–Kier alpha value is -0.700. The van der Waals surface area contributed by atoms with Crippen LogP contribution < -0.4 is 0 Å². The summed E-state index contributed by atoms with van der Waals surface area (Å²) in [6.45, 7) is 9.08. The molecule has 0 saturated heterocycles. The number of nitrogens with zero attached hydrogens (tertiary/aromatic N) is 1. The van der Waals surface area contributed by atoms with Crippen molar-refractivity contribution in [3.05, 3.63) is 15.6 Å². The van der Waals surface area contributed by atoms with E-state index >= 15 is 0 Å². The Morgan fingerprint density at radius 2 is 1.70 bits per heavy atom. The minimum absolute atomic E-state index is 0.0873. The van der Waals surface area contributed by atoms with E-state index in [0.29, 0.717) is 23.5 Å². The normalized spacial score (nSPS) is 25.5. The maximum atomic E-state index is 12.3. The molecule has 2 nitrogen and oxygen atoms in total. The number of aromatic nitrogens is 1. The molecule has 20 heavy (non-hydrogen) atoms. The van der Waals surface area contributed by atoms with Gasteiger partial charge in [0.2, 0.25) is 0 Å². The van der Waals surface area contributed by atoms with Gasteiger partial charge in [-0.25, -0.2) is 4.98 Å². The van der Waals surface area contributed by atoms with Crippen LogP contribution in [0.2, 0.25) is 0 Å². The number of Topliss-reactive ketones (excluding diaryl/α,β-unsaturated/α-hetero) is 1. The lowest BCUT2D eigenvalue weighted by Crippen LogP contribution is -2.26. The second kappa shape index (κ2) is 4.66. The van der Waals surface area contributed by atoms with E-state index in [0.717, 1.165) is 17.0 Å². The van der Waals surface area contributed by atoms with Crippen LogP contribution in [0.25, 0.3) is 0 Å². The molecule has 0 unspecified atom stereocenters. The van der Waals surface area contributed by atoms with Crippen molar-refractivity contribution in [2.24, 2.45) is 10.8 Å². The van der Waals surface area contributed by atoms with Gasteiger partial charge in [-0.2, -0.15) is 0 Å². The first-order valence-electron chi connectivity index (χ1n) is 7.79. The molecule has 2 aliphatic carbocycles. The van der Waals surface area contributed by atoms with Crippen LogP contribution >= 0.6 is 11.3 Å². The molecule has 0 aliphatic heterocycles. The van der Waals surface area contributed by atoms with Crippen LogP contribution in [0.1, 0.15) is 86.1 Å². The van der Waals surface area contributed by atoms with Gasteiger partial charge >= 0.3 is 0 Å². The van der Waals surface area contributed by atoms with E-state index in [1.807, 2.05) is 0 Å². The molecule has 0 atom stereocenters. The Bertz CT molecular complexity index is 531. The maximum Gasteiger partial charge on any atom is 0.175 e. The number of carbonyl (C=O) groups excluding carboxylic acids is 1. The van der Waals surface area contributed by atoms with Gasteiger partial charge in [-0.15, -0.1) is 11.3 Å². The predicted octanol–water partition coefficient (Wildman–Crippen LogP) is 4.98. The van der Waals surface area contributed by atoms with E-state index in [9.17, 15) is 4.79 Å². The van der Waals surface area contributed by atoms with Gasteiger partial charge in [0.15, 0.2) is 5.78 Å². The van der Waals surface area contributed by atoms with Crippen LogP contribution in [-0.4, -0.2) is 10.8 Å². The molecule has 0 spiro atoms. The van der Waals surface area contributed by atoms with Gasteiger partial charge in [0.1, 0.15) is 0 Å². The van der Waals surface area contributed by atoms with Crippen molar-refractivity contribution in [2.45, 2.75) is 72.1 Å². The molecule has 3 heteroatoms.